The van der Waals surface area contributed by atoms with Crippen molar-refractivity contribution < 1.29 is 14.0 Å². The molecule has 1 N–H and O–H groups in total. The van der Waals surface area contributed by atoms with E-state index < -0.39 is 5.92 Å². The van der Waals surface area contributed by atoms with Crippen LogP contribution in [0, 0.1) is 11.7 Å². The van der Waals surface area contributed by atoms with E-state index in [2.05, 4.69) is 10.3 Å². The van der Waals surface area contributed by atoms with Crippen molar-refractivity contribution in [2.24, 2.45) is 5.92 Å². The van der Waals surface area contributed by atoms with Crippen molar-refractivity contribution in [1.29, 1.82) is 0 Å². The standard InChI is InChI=1S/C24H21ClFN3O2/c25-18-9-7-16(8-10-18)24(31)29-14-21(17-4-3-5-19(26)12-17)22(15-29)23(30)28-13-20-6-1-2-11-27-20/h1-12,21-22H,13-15H2,(H,28,30)/t21-,22-/m1/s1. The SMILES string of the molecule is O=C(NCc1ccccn1)[C@@H]1CN(C(=O)c2ccc(Cl)cc2)C[C@@H]1c1cccc(F)c1. The van der Waals surface area contributed by atoms with Crippen molar-refractivity contribution in [3.05, 3.63) is 101 Å². The summed E-state index contributed by atoms with van der Waals surface area (Å²) in [6.07, 6.45) is 1.67. The molecule has 0 bridgehead atoms. The van der Waals surface area contributed by atoms with Gasteiger partial charge in [0, 0.05) is 35.8 Å². The number of halogens is 2. The minimum Gasteiger partial charge on any atom is -0.350 e. The van der Waals surface area contributed by atoms with Crippen LogP contribution in [0.1, 0.15) is 27.5 Å². The lowest BCUT2D eigenvalue weighted by atomic mass is 9.88. The molecular formula is C24H21ClFN3O2. The molecule has 1 fully saturated rings. The van der Waals surface area contributed by atoms with Crippen LogP contribution in [0.25, 0.3) is 0 Å². The first-order chi connectivity index (χ1) is 15.0. The molecule has 31 heavy (non-hydrogen) atoms. The van der Waals surface area contributed by atoms with Crippen LogP contribution in [0.3, 0.4) is 0 Å². The maximum Gasteiger partial charge on any atom is 0.253 e. The quantitative estimate of drug-likeness (QED) is 0.655. The molecule has 0 unspecified atom stereocenters. The number of hydrogen-bond donors (Lipinski definition) is 1. The zero-order valence-electron chi connectivity index (χ0n) is 16.7. The van der Waals surface area contributed by atoms with Crippen LogP contribution in [0.5, 0.6) is 0 Å². The van der Waals surface area contributed by atoms with E-state index >= 15 is 0 Å². The Labute approximate surface area is 184 Å². The molecule has 4 rings (SSSR count). The number of benzene rings is 2. The van der Waals surface area contributed by atoms with Crippen LogP contribution in [0.2, 0.25) is 5.02 Å². The second-order valence-corrected chi connectivity index (χ2v) is 7.96. The molecule has 3 aromatic rings. The maximum atomic E-state index is 13.9. The van der Waals surface area contributed by atoms with Crippen LogP contribution in [0.15, 0.2) is 72.9 Å². The van der Waals surface area contributed by atoms with E-state index in [4.69, 9.17) is 11.6 Å². The zero-order valence-corrected chi connectivity index (χ0v) is 17.4. The monoisotopic (exact) mass is 437 g/mol. The third kappa shape index (κ3) is 4.91. The van der Waals surface area contributed by atoms with E-state index in [9.17, 15) is 14.0 Å². The predicted octanol–water partition coefficient (Wildman–Crippen LogP) is 4.05. The zero-order chi connectivity index (χ0) is 21.8. The second kappa shape index (κ2) is 9.27. The van der Waals surface area contributed by atoms with Crippen LogP contribution >= 0.6 is 11.6 Å². The smallest absolute Gasteiger partial charge is 0.253 e. The molecule has 2 heterocycles. The van der Waals surface area contributed by atoms with Crippen LogP contribution < -0.4 is 5.32 Å². The van der Waals surface area contributed by atoms with Crippen molar-refractivity contribution in [2.45, 2.75) is 12.5 Å². The van der Waals surface area contributed by atoms with Gasteiger partial charge in [0.05, 0.1) is 18.2 Å². The number of pyridine rings is 1. The Balaban J connectivity index is 1.55. The summed E-state index contributed by atoms with van der Waals surface area (Å²) in [5.41, 5.74) is 1.94. The number of amides is 2. The van der Waals surface area contributed by atoms with Crippen LogP contribution in [0.4, 0.5) is 4.39 Å². The molecular weight excluding hydrogens is 417 g/mol. The predicted molar refractivity (Wildman–Crippen MR) is 116 cm³/mol. The van der Waals surface area contributed by atoms with Gasteiger partial charge in [0.25, 0.3) is 5.91 Å². The molecule has 158 valence electrons. The number of likely N-dealkylation sites (tertiary alicyclic amines) is 1. The van der Waals surface area contributed by atoms with Gasteiger partial charge in [-0.25, -0.2) is 4.39 Å². The Kier molecular flexibility index (Phi) is 6.28. The highest BCUT2D eigenvalue weighted by atomic mass is 35.5. The Morgan fingerprint density at radius 3 is 2.58 bits per heavy atom. The lowest BCUT2D eigenvalue weighted by Gasteiger charge is -2.18. The number of nitrogens with one attached hydrogen (secondary N) is 1. The topological polar surface area (TPSA) is 62.3 Å². The van der Waals surface area contributed by atoms with Crippen molar-refractivity contribution in [1.82, 2.24) is 15.2 Å². The molecule has 0 spiro atoms. The fraction of sp³-hybridized carbons (Fsp3) is 0.208. The normalized spacial score (nSPS) is 18.1. The molecule has 7 heteroatoms. The lowest BCUT2D eigenvalue weighted by molar-refractivity contribution is -0.125. The summed E-state index contributed by atoms with van der Waals surface area (Å²) in [4.78, 5) is 31.9. The lowest BCUT2D eigenvalue weighted by Crippen LogP contribution is -2.35. The van der Waals surface area contributed by atoms with Crippen molar-refractivity contribution in [3.63, 3.8) is 0 Å². The molecule has 0 radical (unpaired) electrons. The number of hydrogen-bond acceptors (Lipinski definition) is 3. The minimum atomic E-state index is -0.498. The van der Waals surface area contributed by atoms with Crippen molar-refractivity contribution in [2.75, 3.05) is 13.1 Å². The number of carbonyl (C=O) groups is 2. The number of carbonyl (C=O) groups excluding carboxylic acids is 2. The summed E-state index contributed by atoms with van der Waals surface area (Å²) in [6.45, 7) is 0.862. The summed E-state index contributed by atoms with van der Waals surface area (Å²) in [7, 11) is 0. The summed E-state index contributed by atoms with van der Waals surface area (Å²) in [6, 6.07) is 18.3. The van der Waals surface area contributed by atoms with Gasteiger partial charge >= 0.3 is 0 Å². The Morgan fingerprint density at radius 1 is 1.06 bits per heavy atom. The summed E-state index contributed by atoms with van der Waals surface area (Å²) >= 11 is 5.93. The molecule has 2 aromatic carbocycles. The van der Waals surface area contributed by atoms with Gasteiger partial charge in [-0.1, -0.05) is 29.8 Å². The van der Waals surface area contributed by atoms with Gasteiger partial charge in [0.2, 0.25) is 5.91 Å². The molecule has 1 saturated heterocycles. The maximum absolute atomic E-state index is 13.9. The Morgan fingerprint density at radius 2 is 1.87 bits per heavy atom. The fourth-order valence-electron chi connectivity index (χ4n) is 3.90. The van der Waals surface area contributed by atoms with Crippen LogP contribution in [-0.4, -0.2) is 34.8 Å². The molecule has 2 amide bonds. The summed E-state index contributed by atoms with van der Waals surface area (Å²) in [5.74, 6) is -1.55. The fourth-order valence-corrected chi connectivity index (χ4v) is 4.02. The Bertz CT molecular complexity index is 1080. The second-order valence-electron chi connectivity index (χ2n) is 7.52. The van der Waals surface area contributed by atoms with Crippen LogP contribution in [-0.2, 0) is 11.3 Å². The molecule has 1 aliphatic heterocycles. The number of nitrogens with zero attached hydrogens (tertiary/aromatic N) is 2. The number of rotatable bonds is 5. The average molecular weight is 438 g/mol. The highest BCUT2D eigenvalue weighted by Gasteiger charge is 2.40. The van der Waals surface area contributed by atoms with E-state index in [0.29, 0.717) is 22.7 Å². The highest BCUT2D eigenvalue weighted by Crippen LogP contribution is 2.34. The van der Waals surface area contributed by atoms with E-state index in [1.54, 1.807) is 47.5 Å². The first kappa shape index (κ1) is 21.0. The first-order valence-electron chi connectivity index (χ1n) is 9.99. The minimum absolute atomic E-state index is 0.182. The third-order valence-corrected chi connectivity index (χ3v) is 5.73. The molecule has 0 aliphatic carbocycles. The molecule has 1 aliphatic rings. The van der Waals surface area contributed by atoms with E-state index in [1.165, 1.54) is 12.1 Å². The molecule has 2 atom stereocenters. The van der Waals surface area contributed by atoms with Crippen molar-refractivity contribution in [3.8, 4) is 0 Å². The van der Waals surface area contributed by atoms with Gasteiger partial charge in [-0.05, 0) is 54.1 Å². The highest BCUT2D eigenvalue weighted by molar-refractivity contribution is 6.30. The van der Waals surface area contributed by atoms with Crippen molar-refractivity contribution >= 4 is 23.4 Å². The van der Waals surface area contributed by atoms with Gasteiger partial charge in [-0.3, -0.25) is 14.6 Å². The van der Waals surface area contributed by atoms with E-state index in [0.717, 1.165) is 5.69 Å². The summed E-state index contributed by atoms with van der Waals surface area (Å²) < 4.78 is 13.9. The Hall–Kier alpha value is -3.25. The average Bonchev–Trinajstić information content (AvgIpc) is 3.24. The van der Waals surface area contributed by atoms with Gasteiger partial charge in [-0.15, -0.1) is 0 Å². The third-order valence-electron chi connectivity index (χ3n) is 5.48. The largest absolute Gasteiger partial charge is 0.350 e. The molecule has 1 aromatic heterocycles. The van der Waals surface area contributed by atoms with E-state index in [1.807, 2.05) is 18.2 Å². The van der Waals surface area contributed by atoms with Gasteiger partial charge in [-0.2, -0.15) is 0 Å². The van der Waals surface area contributed by atoms with E-state index in [-0.39, 0.29) is 36.6 Å². The number of aromatic nitrogens is 1. The van der Waals surface area contributed by atoms with Gasteiger partial charge in [0.1, 0.15) is 5.82 Å². The van der Waals surface area contributed by atoms with Gasteiger partial charge in [0.15, 0.2) is 0 Å². The summed E-state index contributed by atoms with van der Waals surface area (Å²) in [5, 5.41) is 3.46. The molecule has 5 nitrogen and oxygen atoms in total. The van der Waals surface area contributed by atoms with Gasteiger partial charge < -0.3 is 10.2 Å². The first-order valence-corrected chi connectivity index (χ1v) is 10.4. The molecule has 0 saturated carbocycles.